The van der Waals surface area contributed by atoms with Gasteiger partial charge in [0, 0.05) is 11.8 Å². The molecule has 2 nitrogen and oxygen atoms in total. The van der Waals surface area contributed by atoms with Crippen LogP contribution in [-0.4, -0.2) is 23.5 Å². The number of thioether (sulfide) groups is 1. The third-order valence-corrected chi connectivity index (χ3v) is 3.87. The highest BCUT2D eigenvalue weighted by Gasteiger charge is 2.18. The van der Waals surface area contributed by atoms with Crippen molar-refractivity contribution >= 4 is 16.9 Å². The van der Waals surface area contributed by atoms with Crippen LogP contribution in [0, 0.1) is 5.92 Å². The minimum atomic E-state index is 0.686. The summed E-state index contributed by atoms with van der Waals surface area (Å²) in [6.45, 7) is 4.38. The topological polar surface area (TPSA) is 24.4 Å². The second kappa shape index (κ2) is 4.36. The van der Waals surface area contributed by atoms with Gasteiger partial charge in [0.1, 0.15) is 0 Å². The minimum Gasteiger partial charge on any atom is -0.365 e. The Labute approximate surface area is 84.6 Å². The second-order valence-electron chi connectivity index (χ2n) is 4.11. The lowest BCUT2D eigenvalue weighted by atomic mass is 10.1. The Hall–Kier alpha value is -0.180. The van der Waals surface area contributed by atoms with Crippen LogP contribution >= 0.6 is 11.8 Å². The van der Waals surface area contributed by atoms with E-state index < -0.39 is 0 Å². The van der Waals surface area contributed by atoms with E-state index in [2.05, 4.69) is 17.2 Å². The molecule has 1 unspecified atom stereocenters. The van der Waals surface area contributed by atoms with E-state index in [1.54, 1.807) is 0 Å². The maximum Gasteiger partial charge on any atom is 0.156 e. The molecule has 1 N–H and O–H groups in total. The first-order chi connectivity index (χ1) is 6.34. The molecule has 0 spiro atoms. The van der Waals surface area contributed by atoms with Crippen LogP contribution < -0.4 is 5.32 Å². The molecule has 0 aromatic heterocycles. The van der Waals surface area contributed by atoms with Crippen molar-refractivity contribution in [3.63, 3.8) is 0 Å². The predicted octanol–water partition coefficient (Wildman–Crippen LogP) is 2.26. The van der Waals surface area contributed by atoms with Gasteiger partial charge < -0.3 is 5.32 Å². The van der Waals surface area contributed by atoms with Crippen LogP contribution in [0.1, 0.15) is 32.6 Å². The zero-order chi connectivity index (χ0) is 9.10. The Kier molecular flexibility index (Phi) is 3.14. The first-order valence-electron chi connectivity index (χ1n) is 5.29. The Morgan fingerprint density at radius 2 is 2.23 bits per heavy atom. The molecule has 2 rings (SSSR count). The quantitative estimate of drug-likeness (QED) is 0.736. The van der Waals surface area contributed by atoms with Crippen LogP contribution in [0.15, 0.2) is 4.99 Å². The van der Waals surface area contributed by atoms with Crippen molar-refractivity contribution in [2.75, 3.05) is 13.1 Å². The van der Waals surface area contributed by atoms with Gasteiger partial charge in [0.25, 0.3) is 0 Å². The van der Waals surface area contributed by atoms with E-state index in [4.69, 9.17) is 0 Å². The molecule has 0 bridgehead atoms. The van der Waals surface area contributed by atoms with Crippen molar-refractivity contribution in [1.29, 1.82) is 0 Å². The lowest BCUT2D eigenvalue weighted by molar-refractivity contribution is 0.537. The number of hydrogen-bond acceptors (Lipinski definition) is 3. The molecule has 1 fully saturated rings. The molecule has 0 saturated heterocycles. The van der Waals surface area contributed by atoms with E-state index in [-0.39, 0.29) is 0 Å². The van der Waals surface area contributed by atoms with Gasteiger partial charge in [-0.2, -0.15) is 0 Å². The number of rotatable bonds is 2. The van der Waals surface area contributed by atoms with Gasteiger partial charge in [-0.05, 0) is 18.8 Å². The van der Waals surface area contributed by atoms with Gasteiger partial charge in [-0.3, -0.25) is 4.99 Å². The van der Waals surface area contributed by atoms with Crippen LogP contribution in [0.3, 0.4) is 0 Å². The molecule has 0 aromatic rings. The lowest BCUT2D eigenvalue weighted by Crippen LogP contribution is -2.25. The maximum absolute atomic E-state index is 4.45. The fourth-order valence-electron chi connectivity index (χ4n) is 2.02. The Bertz CT molecular complexity index is 197. The van der Waals surface area contributed by atoms with Gasteiger partial charge in [0.05, 0.1) is 6.54 Å². The Morgan fingerprint density at radius 1 is 1.46 bits per heavy atom. The van der Waals surface area contributed by atoms with E-state index >= 15 is 0 Å². The molecule has 1 saturated carbocycles. The fourth-order valence-corrected chi connectivity index (χ4v) is 2.87. The molecular weight excluding hydrogens is 180 g/mol. The monoisotopic (exact) mass is 198 g/mol. The molecule has 74 valence electrons. The van der Waals surface area contributed by atoms with Crippen molar-refractivity contribution in [1.82, 2.24) is 5.32 Å². The van der Waals surface area contributed by atoms with Gasteiger partial charge >= 0.3 is 0 Å². The van der Waals surface area contributed by atoms with E-state index in [1.807, 2.05) is 11.8 Å². The summed E-state index contributed by atoms with van der Waals surface area (Å²) in [6, 6.07) is 0. The molecule has 1 aliphatic carbocycles. The SMILES string of the molecule is CC1CN=C(NCC2CCCC2)S1. The largest absolute Gasteiger partial charge is 0.365 e. The number of hydrogen-bond donors (Lipinski definition) is 1. The zero-order valence-corrected chi connectivity index (χ0v) is 9.07. The van der Waals surface area contributed by atoms with Crippen molar-refractivity contribution in [2.24, 2.45) is 10.9 Å². The van der Waals surface area contributed by atoms with Crippen molar-refractivity contribution < 1.29 is 0 Å². The first kappa shape index (κ1) is 9.38. The van der Waals surface area contributed by atoms with Gasteiger partial charge in [-0.1, -0.05) is 31.5 Å². The van der Waals surface area contributed by atoms with Gasteiger partial charge in [0.2, 0.25) is 0 Å². The van der Waals surface area contributed by atoms with Crippen LogP contribution in [0.2, 0.25) is 0 Å². The molecule has 0 radical (unpaired) electrons. The van der Waals surface area contributed by atoms with E-state index in [9.17, 15) is 0 Å². The number of nitrogens with zero attached hydrogens (tertiary/aromatic N) is 1. The van der Waals surface area contributed by atoms with Crippen molar-refractivity contribution in [3.05, 3.63) is 0 Å². The molecule has 13 heavy (non-hydrogen) atoms. The van der Waals surface area contributed by atoms with Gasteiger partial charge in [-0.15, -0.1) is 0 Å². The summed E-state index contributed by atoms with van der Waals surface area (Å²) in [5.74, 6) is 0.916. The maximum atomic E-state index is 4.45. The van der Waals surface area contributed by atoms with E-state index in [0.29, 0.717) is 5.25 Å². The molecule has 0 amide bonds. The fraction of sp³-hybridized carbons (Fsp3) is 0.900. The zero-order valence-electron chi connectivity index (χ0n) is 8.25. The highest BCUT2D eigenvalue weighted by Crippen LogP contribution is 2.25. The third-order valence-electron chi connectivity index (χ3n) is 2.82. The minimum absolute atomic E-state index is 0.686. The molecule has 0 aromatic carbocycles. The Morgan fingerprint density at radius 3 is 2.85 bits per heavy atom. The van der Waals surface area contributed by atoms with Crippen LogP contribution in [-0.2, 0) is 0 Å². The molecule has 2 aliphatic rings. The standard InChI is InChI=1S/C10H18N2S/c1-8-6-11-10(13-8)12-7-9-4-2-3-5-9/h8-9H,2-7H2,1H3,(H,11,12). The highest BCUT2D eigenvalue weighted by atomic mass is 32.2. The summed E-state index contributed by atoms with van der Waals surface area (Å²) in [5.41, 5.74) is 0. The first-order valence-corrected chi connectivity index (χ1v) is 6.17. The number of amidine groups is 1. The van der Waals surface area contributed by atoms with Crippen LogP contribution in [0.4, 0.5) is 0 Å². The normalized spacial score (nSPS) is 29.3. The molecular formula is C10H18N2S. The Balaban J connectivity index is 1.67. The van der Waals surface area contributed by atoms with Gasteiger partial charge in [-0.25, -0.2) is 0 Å². The number of nitrogens with one attached hydrogen (secondary N) is 1. The molecule has 1 atom stereocenters. The van der Waals surface area contributed by atoms with Crippen molar-refractivity contribution in [2.45, 2.75) is 37.9 Å². The molecule has 1 aliphatic heterocycles. The van der Waals surface area contributed by atoms with Crippen LogP contribution in [0.5, 0.6) is 0 Å². The number of aliphatic imine (C=N–C) groups is 1. The van der Waals surface area contributed by atoms with Crippen molar-refractivity contribution in [3.8, 4) is 0 Å². The lowest BCUT2D eigenvalue weighted by Gasteiger charge is -2.10. The summed E-state index contributed by atoms with van der Waals surface area (Å²) in [4.78, 5) is 4.45. The van der Waals surface area contributed by atoms with Gasteiger partial charge in [0.15, 0.2) is 5.17 Å². The summed E-state index contributed by atoms with van der Waals surface area (Å²) in [7, 11) is 0. The highest BCUT2D eigenvalue weighted by molar-refractivity contribution is 8.14. The average Bonchev–Trinajstić information content (AvgIpc) is 2.71. The smallest absolute Gasteiger partial charge is 0.156 e. The predicted molar refractivity (Wildman–Crippen MR) is 59.3 cm³/mol. The second-order valence-corrected chi connectivity index (χ2v) is 5.53. The summed E-state index contributed by atoms with van der Waals surface area (Å²) >= 11 is 1.89. The van der Waals surface area contributed by atoms with Crippen LogP contribution in [0.25, 0.3) is 0 Å². The molecule has 1 heterocycles. The summed E-state index contributed by atoms with van der Waals surface area (Å²) < 4.78 is 0. The summed E-state index contributed by atoms with van der Waals surface area (Å²) in [5, 5.41) is 5.33. The summed E-state index contributed by atoms with van der Waals surface area (Å²) in [6.07, 6.45) is 5.70. The third kappa shape index (κ3) is 2.63. The van der Waals surface area contributed by atoms with E-state index in [1.165, 1.54) is 30.9 Å². The average molecular weight is 198 g/mol. The van der Waals surface area contributed by atoms with E-state index in [0.717, 1.165) is 19.0 Å². The molecule has 3 heteroatoms.